The van der Waals surface area contributed by atoms with E-state index in [1.807, 2.05) is 6.92 Å². The fourth-order valence-electron chi connectivity index (χ4n) is 1.16. The standard InChI is InChI=1S/C11H16N4O2.ClH/c1-2-6-13-10(16)7-14-11(17)8-4-3-5-9(12)15-8;/h3-5H,2,6-7H2,1H3,(H2,12,15)(H,13,16)(H,14,17);1H. The predicted octanol–water partition coefficient (Wildman–Crippen LogP) is 0.342. The Labute approximate surface area is 112 Å². The van der Waals surface area contributed by atoms with E-state index in [0.29, 0.717) is 6.54 Å². The third-order valence-electron chi connectivity index (χ3n) is 1.98. The molecule has 1 aromatic rings. The first-order chi connectivity index (χ1) is 8.13. The predicted molar refractivity (Wildman–Crippen MR) is 71.5 cm³/mol. The number of halogens is 1. The molecule has 7 heteroatoms. The lowest BCUT2D eigenvalue weighted by atomic mass is 10.3. The van der Waals surface area contributed by atoms with Crippen molar-refractivity contribution in [1.82, 2.24) is 15.6 Å². The molecule has 0 aromatic carbocycles. The number of amides is 2. The molecule has 1 rings (SSSR count). The molecule has 0 radical (unpaired) electrons. The molecule has 0 unspecified atom stereocenters. The van der Waals surface area contributed by atoms with Crippen molar-refractivity contribution in [3.05, 3.63) is 23.9 Å². The van der Waals surface area contributed by atoms with E-state index in [4.69, 9.17) is 5.73 Å². The fraction of sp³-hybridized carbons (Fsp3) is 0.364. The Morgan fingerprint density at radius 1 is 1.33 bits per heavy atom. The number of carbonyl (C=O) groups excluding carboxylic acids is 2. The quantitative estimate of drug-likeness (QED) is 0.720. The van der Waals surface area contributed by atoms with E-state index in [2.05, 4.69) is 15.6 Å². The molecule has 0 fully saturated rings. The van der Waals surface area contributed by atoms with Gasteiger partial charge in [-0.25, -0.2) is 4.98 Å². The number of pyridine rings is 1. The zero-order chi connectivity index (χ0) is 12.7. The second-order valence-electron chi connectivity index (χ2n) is 3.48. The SMILES string of the molecule is CCCNC(=O)CNC(=O)c1cccc(N)n1.Cl. The van der Waals surface area contributed by atoms with Gasteiger partial charge in [-0.15, -0.1) is 12.4 Å². The molecule has 6 nitrogen and oxygen atoms in total. The maximum Gasteiger partial charge on any atom is 0.270 e. The molecular formula is C11H17ClN4O2. The lowest BCUT2D eigenvalue weighted by Crippen LogP contribution is -2.37. The van der Waals surface area contributed by atoms with Gasteiger partial charge in [0.25, 0.3) is 5.91 Å². The molecule has 0 atom stereocenters. The van der Waals surface area contributed by atoms with Crippen LogP contribution in [0.2, 0.25) is 0 Å². The number of nitrogens with two attached hydrogens (primary N) is 1. The number of nitrogens with one attached hydrogen (secondary N) is 2. The maximum absolute atomic E-state index is 11.6. The molecule has 4 N–H and O–H groups in total. The van der Waals surface area contributed by atoms with Gasteiger partial charge in [0.05, 0.1) is 6.54 Å². The third-order valence-corrected chi connectivity index (χ3v) is 1.98. The lowest BCUT2D eigenvalue weighted by molar-refractivity contribution is -0.120. The van der Waals surface area contributed by atoms with Crippen LogP contribution in [0.4, 0.5) is 5.82 Å². The molecule has 0 saturated heterocycles. The van der Waals surface area contributed by atoms with Crippen molar-refractivity contribution in [3.63, 3.8) is 0 Å². The van der Waals surface area contributed by atoms with Gasteiger partial charge in [-0.05, 0) is 18.6 Å². The monoisotopic (exact) mass is 272 g/mol. The largest absolute Gasteiger partial charge is 0.384 e. The molecule has 1 heterocycles. The van der Waals surface area contributed by atoms with Crippen molar-refractivity contribution in [1.29, 1.82) is 0 Å². The summed E-state index contributed by atoms with van der Waals surface area (Å²) in [4.78, 5) is 26.6. The molecule has 0 spiro atoms. The van der Waals surface area contributed by atoms with Gasteiger partial charge in [-0.1, -0.05) is 13.0 Å². The topological polar surface area (TPSA) is 97.1 Å². The van der Waals surface area contributed by atoms with Crippen LogP contribution >= 0.6 is 12.4 Å². The van der Waals surface area contributed by atoms with Crippen LogP contribution in [0.15, 0.2) is 18.2 Å². The minimum Gasteiger partial charge on any atom is -0.384 e. The van der Waals surface area contributed by atoms with Crippen molar-refractivity contribution in [2.75, 3.05) is 18.8 Å². The van der Waals surface area contributed by atoms with Gasteiger partial charge in [0.1, 0.15) is 11.5 Å². The normalized spacial score (nSPS) is 9.17. The van der Waals surface area contributed by atoms with Crippen LogP contribution < -0.4 is 16.4 Å². The molecule has 2 amide bonds. The second-order valence-corrected chi connectivity index (χ2v) is 3.48. The highest BCUT2D eigenvalue weighted by Gasteiger charge is 2.08. The Morgan fingerprint density at radius 3 is 2.67 bits per heavy atom. The van der Waals surface area contributed by atoms with Crippen LogP contribution in [0.3, 0.4) is 0 Å². The van der Waals surface area contributed by atoms with Gasteiger partial charge in [-0.2, -0.15) is 0 Å². The number of carbonyl (C=O) groups is 2. The number of rotatable bonds is 5. The van der Waals surface area contributed by atoms with Gasteiger partial charge in [-0.3, -0.25) is 9.59 Å². The smallest absolute Gasteiger partial charge is 0.270 e. The molecule has 18 heavy (non-hydrogen) atoms. The summed E-state index contributed by atoms with van der Waals surface area (Å²) in [6, 6.07) is 4.76. The van der Waals surface area contributed by atoms with Crippen LogP contribution in [0.25, 0.3) is 0 Å². The van der Waals surface area contributed by atoms with Crippen LogP contribution in [0.1, 0.15) is 23.8 Å². The minimum atomic E-state index is -0.413. The highest BCUT2D eigenvalue weighted by molar-refractivity contribution is 5.95. The van der Waals surface area contributed by atoms with Crippen molar-refractivity contribution < 1.29 is 9.59 Å². The molecule has 1 aromatic heterocycles. The Morgan fingerprint density at radius 2 is 2.06 bits per heavy atom. The van der Waals surface area contributed by atoms with E-state index in [-0.39, 0.29) is 36.4 Å². The van der Waals surface area contributed by atoms with Crippen molar-refractivity contribution in [2.45, 2.75) is 13.3 Å². The Hall–Kier alpha value is -1.82. The highest BCUT2D eigenvalue weighted by Crippen LogP contribution is 1.99. The molecule has 0 aliphatic heterocycles. The van der Waals surface area contributed by atoms with E-state index in [1.54, 1.807) is 12.1 Å². The minimum absolute atomic E-state index is 0. The summed E-state index contributed by atoms with van der Waals surface area (Å²) in [5, 5.41) is 5.12. The molecular weight excluding hydrogens is 256 g/mol. The number of hydrogen-bond acceptors (Lipinski definition) is 4. The van der Waals surface area contributed by atoms with Crippen molar-refractivity contribution in [3.8, 4) is 0 Å². The van der Waals surface area contributed by atoms with Gasteiger partial charge in [0, 0.05) is 6.54 Å². The van der Waals surface area contributed by atoms with E-state index >= 15 is 0 Å². The zero-order valence-corrected chi connectivity index (χ0v) is 10.9. The number of anilines is 1. The average Bonchev–Trinajstić information content (AvgIpc) is 2.33. The van der Waals surface area contributed by atoms with Crippen LogP contribution in [-0.2, 0) is 4.79 Å². The summed E-state index contributed by atoms with van der Waals surface area (Å²) in [5.74, 6) is -0.360. The van der Waals surface area contributed by atoms with Crippen LogP contribution in [0, 0.1) is 0 Å². The van der Waals surface area contributed by atoms with Gasteiger partial charge in [0.15, 0.2) is 0 Å². The second kappa shape index (κ2) is 8.30. The molecule has 0 bridgehead atoms. The number of nitrogens with zero attached hydrogens (tertiary/aromatic N) is 1. The number of nitrogen functional groups attached to an aromatic ring is 1. The summed E-state index contributed by atoms with van der Waals surface area (Å²) >= 11 is 0. The average molecular weight is 273 g/mol. The Balaban J connectivity index is 0.00000289. The van der Waals surface area contributed by atoms with Gasteiger partial charge in [0.2, 0.25) is 5.91 Å². The Bertz CT molecular complexity index is 412. The van der Waals surface area contributed by atoms with Gasteiger partial charge >= 0.3 is 0 Å². The summed E-state index contributed by atoms with van der Waals surface area (Å²) in [7, 11) is 0. The van der Waals surface area contributed by atoms with Crippen molar-refractivity contribution >= 4 is 30.0 Å². The lowest BCUT2D eigenvalue weighted by Gasteiger charge is -2.05. The summed E-state index contributed by atoms with van der Waals surface area (Å²) in [5.41, 5.74) is 5.65. The molecule has 0 saturated carbocycles. The van der Waals surface area contributed by atoms with E-state index in [0.717, 1.165) is 6.42 Å². The van der Waals surface area contributed by atoms with Crippen LogP contribution in [-0.4, -0.2) is 29.9 Å². The summed E-state index contributed by atoms with van der Waals surface area (Å²) < 4.78 is 0. The fourth-order valence-corrected chi connectivity index (χ4v) is 1.16. The van der Waals surface area contributed by atoms with E-state index in [1.165, 1.54) is 6.07 Å². The third kappa shape index (κ3) is 5.49. The first-order valence-electron chi connectivity index (χ1n) is 5.41. The molecule has 0 aliphatic carbocycles. The first-order valence-corrected chi connectivity index (χ1v) is 5.41. The highest BCUT2D eigenvalue weighted by atomic mass is 35.5. The van der Waals surface area contributed by atoms with Crippen LogP contribution in [0.5, 0.6) is 0 Å². The van der Waals surface area contributed by atoms with E-state index in [9.17, 15) is 9.59 Å². The molecule has 0 aliphatic rings. The van der Waals surface area contributed by atoms with Crippen molar-refractivity contribution in [2.24, 2.45) is 0 Å². The summed E-state index contributed by atoms with van der Waals surface area (Å²) in [6.07, 6.45) is 0.858. The Kier molecular flexibility index (Phi) is 7.46. The molecule has 100 valence electrons. The maximum atomic E-state index is 11.6. The number of aromatic nitrogens is 1. The summed E-state index contributed by atoms with van der Waals surface area (Å²) in [6.45, 7) is 2.50. The zero-order valence-electron chi connectivity index (χ0n) is 10.1. The number of hydrogen-bond donors (Lipinski definition) is 3. The van der Waals surface area contributed by atoms with E-state index < -0.39 is 5.91 Å². The van der Waals surface area contributed by atoms with Gasteiger partial charge < -0.3 is 16.4 Å². The first kappa shape index (κ1) is 16.2.